The maximum absolute atomic E-state index is 12.0. The molecule has 0 fully saturated rings. The van der Waals surface area contributed by atoms with Gasteiger partial charge < -0.3 is 10.6 Å². The lowest BCUT2D eigenvalue weighted by Gasteiger charge is -2.10. The second-order valence-corrected chi connectivity index (χ2v) is 5.64. The van der Waals surface area contributed by atoms with E-state index in [2.05, 4.69) is 25.6 Å². The van der Waals surface area contributed by atoms with Crippen LogP contribution in [0.5, 0.6) is 0 Å². The zero-order chi connectivity index (χ0) is 16.9. The number of hydrogen-bond acceptors (Lipinski definition) is 5. The van der Waals surface area contributed by atoms with Crippen LogP contribution >= 0.6 is 11.6 Å². The van der Waals surface area contributed by atoms with Gasteiger partial charge in [0.15, 0.2) is 5.65 Å². The van der Waals surface area contributed by atoms with E-state index in [0.29, 0.717) is 29.5 Å². The molecule has 24 heavy (non-hydrogen) atoms. The summed E-state index contributed by atoms with van der Waals surface area (Å²) in [6.07, 6.45) is 3.53. The first kappa shape index (κ1) is 16.1. The molecule has 0 aliphatic rings. The van der Waals surface area contributed by atoms with Crippen molar-refractivity contribution in [1.29, 1.82) is 0 Å². The lowest BCUT2D eigenvalue weighted by Crippen LogP contribution is -2.17. The van der Waals surface area contributed by atoms with Crippen LogP contribution in [0.15, 0.2) is 42.7 Å². The van der Waals surface area contributed by atoms with Crippen molar-refractivity contribution in [3.63, 3.8) is 0 Å². The molecule has 0 unspecified atom stereocenters. The molecule has 122 valence electrons. The standard InChI is InChI=1S/C17H16ClN5O/c1-11-12(18)3-2-4-13(11)22-16(24)7-8-20-15-6-5-14-17(23-15)21-10-9-19-14/h2-6,9-10H,7-8H2,1H3,(H,22,24)(H,20,21,23). The highest BCUT2D eigenvalue weighted by molar-refractivity contribution is 6.31. The lowest BCUT2D eigenvalue weighted by atomic mass is 10.2. The third-order valence-corrected chi connectivity index (χ3v) is 3.94. The van der Waals surface area contributed by atoms with Gasteiger partial charge in [0.1, 0.15) is 11.3 Å². The normalized spacial score (nSPS) is 10.6. The fraction of sp³-hybridized carbons (Fsp3) is 0.176. The molecular weight excluding hydrogens is 326 g/mol. The predicted octanol–water partition coefficient (Wildman–Crippen LogP) is 3.43. The van der Waals surface area contributed by atoms with Crippen LogP contribution < -0.4 is 10.6 Å². The second kappa shape index (κ2) is 7.23. The number of carbonyl (C=O) groups excluding carboxylic acids is 1. The largest absolute Gasteiger partial charge is 0.369 e. The van der Waals surface area contributed by atoms with Crippen LogP contribution in [0.3, 0.4) is 0 Å². The first-order valence-corrected chi connectivity index (χ1v) is 7.88. The summed E-state index contributed by atoms with van der Waals surface area (Å²) < 4.78 is 0. The molecule has 3 rings (SSSR count). The van der Waals surface area contributed by atoms with Gasteiger partial charge in [0, 0.05) is 36.1 Å². The van der Waals surface area contributed by atoms with Crippen molar-refractivity contribution in [2.75, 3.05) is 17.2 Å². The molecule has 0 saturated carbocycles. The molecule has 1 amide bonds. The van der Waals surface area contributed by atoms with Crippen LogP contribution in [0.1, 0.15) is 12.0 Å². The Kier molecular flexibility index (Phi) is 4.86. The number of pyridine rings is 1. The Morgan fingerprint density at radius 2 is 2.00 bits per heavy atom. The minimum absolute atomic E-state index is 0.0894. The van der Waals surface area contributed by atoms with E-state index in [-0.39, 0.29) is 5.91 Å². The van der Waals surface area contributed by atoms with Crippen molar-refractivity contribution >= 4 is 40.2 Å². The van der Waals surface area contributed by atoms with Gasteiger partial charge >= 0.3 is 0 Å². The van der Waals surface area contributed by atoms with E-state index >= 15 is 0 Å². The molecule has 0 spiro atoms. The highest BCUT2D eigenvalue weighted by Gasteiger charge is 2.07. The van der Waals surface area contributed by atoms with Gasteiger partial charge in [-0.1, -0.05) is 17.7 Å². The fourth-order valence-corrected chi connectivity index (χ4v) is 2.39. The Hall–Kier alpha value is -2.73. The summed E-state index contributed by atoms with van der Waals surface area (Å²) in [6.45, 7) is 2.33. The van der Waals surface area contributed by atoms with E-state index in [1.165, 1.54) is 0 Å². The van der Waals surface area contributed by atoms with E-state index in [1.54, 1.807) is 18.5 Å². The number of benzene rings is 1. The summed E-state index contributed by atoms with van der Waals surface area (Å²) in [4.78, 5) is 24.7. The number of hydrogen-bond donors (Lipinski definition) is 2. The quantitative estimate of drug-likeness (QED) is 0.743. The average molecular weight is 342 g/mol. The molecule has 0 aliphatic carbocycles. The van der Waals surface area contributed by atoms with E-state index in [0.717, 1.165) is 16.8 Å². The summed E-state index contributed by atoms with van der Waals surface area (Å²) in [7, 11) is 0. The van der Waals surface area contributed by atoms with E-state index < -0.39 is 0 Å². The summed E-state index contributed by atoms with van der Waals surface area (Å²) in [6, 6.07) is 9.09. The van der Waals surface area contributed by atoms with Gasteiger partial charge in [0.05, 0.1) is 0 Å². The van der Waals surface area contributed by atoms with Crippen molar-refractivity contribution in [3.8, 4) is 0 Å². The van der Waals surface area contributed by atoms with Crippen LogP contribution in [-0.4, -0.2) is 27.4 Å². The molecule has 0 radical (unpaired) electrons. The van der Waals surface area contributed by atoms with Crippen molar-refractivity contribution in [1.82, 2.24) is 15.0 Å². The third kappa shape index (κ3) is 3.78. The molecule has 0 aliphatic heterocycles. The highest BCUT2D eigenvalue weighted by atomic mass is 35.5. The van der Waals surface area contributed by atoms with Crippen molar-refractivity contribution < 1.29 is 4.79 Å². The zero-order valence-electron chi connectivity index (χ0n) is 13.1. The number of halogens is 1. The van der Waals surface area contributed by atoms with Crippen LogP contribution in [0.4, 0.5) is 11.5 Å². The zero-order valence-corrected chi connectivity index (χ0v) is 13.8. The molecule has 0 bridgehead atoms. The minimum Gasteiger partial charge on any atom is -0.369 e. The molecular formula is C17H16ClN5O. The molecule has 3 aromatic rings. The Labute approximate surface area is 144 Å². The van der Waals surface area contributed by atoms with Crippen LogP contribution in [0, 0.1) is 6.92 Å². The summed E-state index contributed by atoms with van der Waals surface area (Å²) in [5.41, 5.74) is 2.89. The Balaban J connectivity index is 1.55. The summed E-state index contributed by atoms with van der Waals surface area (Å²) in [5, 5.41) is 6.61. The maximum atomic E-state index is 12.0. The Morgan fingerprint density at radius 3 is 2.88 bits per heavy atom. The molecule has 2 aromatic heterocycles. The molecule has 2 heterocycles. The Morgan fingerprint density at radius 1 is 1.17 bits per heavy atom. The summed E-state index contributed by atoms with van der Waals surface area (Å²) >= 11 is 6.05. The van der Waals surface area contributed by atoms with E-state index in [1.807, 2.05) is 31.2 Å². The molecule has 0 saturated heterocycles. The van der Waals surface area contributed by atoms with Gasteiger partial charge in [-0.2, -0.15) is 0 Å². The number of nitrogens with zero attached hydrogens (tertiary/aromatic N) is 3. The smallest absolute Gasteiger partial charge is 0.226 e. The first-order chi connectivity index (χ1) is 11.6. The number of carbonyl (C=O) groups is 1. The van der Waals surface area contributed by atoms with Gasteiger partial charge in [-0.3, -0.25) is 9.78 Å². The first-order valence-electron chi connectivity index (χ1n) is 7.50. The SMILES string of the molecule is Cc1c(Cl)cccc1NC(=O)CCNc1ccc2nccnc2n1. The van der Waals surface area contributed by atoms with Gasteiger partial charge in [0.25, 0.3) is 0 Å². The maximum Gasteiger partial charge on any atom is 0.226 e. The second-order valence-electron chi connectivity index (χ2n) is 5.23. The Bertz CT molecular complexity index is 884. The van der Waals surface area contributed by atoms with Crippen LogP contribution in [0.2, 0.25) is 5.02 Å². The van der Waals surface area contributed by atoms with Gasteiger partial charge in [-0.25, -0.2) is 9.97 Å². The topological polar surface area (TPSA) is 79.8 Å². The van der Waals surface area contributed by atoms with Gasteiger partial charge in [-0.15, -0.1) is 0 Å². The summed E-state index contributed by atoms with van der Waals surface area (Å²) in [5.74, 6) is 0.572. The van der Waals surface area contributed by atoms with Crippen molar-refractivity contribution in [2.45, 2.75) is 13.3 Å². The highest BCUT2D eigenvalue weighted by Crippen LogP contribution is 2.22. The van der Waals surface area contributed by atoms with Crippen molar-refractivity contribution in [3.05, 3.63) is 53.3 Å². The number of nitrogens with one attached hydrogen (secondary N) is 2. The minimum atomic E-state index is -0.0894. The van der Waals surface area contributed by atoms with Gasteiger partial charge in [0.2, 0.25) is 5.91 Å². The molecule has 0 atom stereocenters. The number of aromatic nitrogens is 3. The monoisotopic (exact) mass is 341 g/mol. The number of amides is 1. The average Bonchev–Trinajstić information content (AvgIpc) is 2.59. The van der Waals surface area contributed by atoms with Crippen LogP contribution in [-0.2, 0) is 4.79 Å². The number of rotatable bonds is 5. The lowest BCUT2D eigenvalue weighted by molar-refractivity contribution is -0.115. The van der Waals surface area contributed by atoms with E-state index in [4.69, 9.17) is 11.6 Å². The third-order valence-electron chi connectivity index (χ3n) is 3.53. The molecule has 1 aromatic carbocycles. The van der Waals surface area contributed by atoms with E-state index in [9.17, 15) is 4.79 Å². The molecule has 2 N–H and O–H groups in total. The molecule has 7 heteroatoms. The predicted molar refractivity (Wildman–Crippen MR) is 95.3 cm³/mol. The number of anilines is 2. The van der Waals surface area contributed by atoms with Gasteiger partial charge in [-0.05, 0) is 36.8 Å². The fourth-order valence-electron chi connectivity index (χ4n) is 2.21. The van der Waals surface area contributed by atoms with Crippen LogP contribution in [0.25, 0.3) is 11.2 Å². The molecule has 6 nitrogen and oxygen atoms in total. The van der Waals surface area contributed by atoms with Crippen molar-refractivity contribution in [2.24, 2.45) is 0 Å². The number of fused-ring (bicyclic) bond motifs is 1.